The minimum Gasteiger partial charge on any atom is -0.147 e. The summed E-state index contributed by atoms with van der Waals surface area (Å²) < 4.78 is 7.82. The molecule has 29 heavy (non-hydrogen) atoms. The van der Waals surface area contributed by atoms with Gasteiger partial charge in [0.1, 0.15) is 0 Å². The average molecular weight is 480 g/mol. The number of rotatable bonds is 3. The Bertz CT molecular complexity index is 803. The van der Waals surface area contributed by atoms with Crippen LogP contribution in [0.2, 0.25) is 30.4 Å². The van der Waals surface area contributed by atoms with Crippen LogP contribution in [0.5, 0.6) is 5.75 Å². The van der Waals surface area contributed by atoms with E-state index in [0.717, 1.165) is 5.75 Å². The van der Waals surface area contributed by atoms with E-state index < -0.39 is 13.1 Å². The van der Waals surface area contributed by atoms with Crippen LogP contribution in [-0.2, 0) is 24.0 Å². The Morgan fingerprint density at radius 2 is 1.07 bits per heavy atom. The van der Waals surface area contributed by atoms with Crippen LogP contribution in [-0.4, -0.2) is 0 Å². The molecular weight excluding hydrogens is 435 g/mol. The normalized spacial score (nSPS) is 18.7. The van der Waals surface area contributed by atoms with Crippen molar-refractivity contribution in [2.24, 2.45) is 0 Å². The van der Waals surface area contributed by atoms with Gasteiger partial charge in [-0.2, -0.15) is 0 Å². The molecule has 1 aromatic rings. The van der Waals surface area contributed by atoms with Gasteiger partial charge in [-0.15, -0.1) is 24.8 Å². The maximum absolute atomic E-state index is 7.49. The maximum Gasteiger partial charge on any atom is -0.147 e. The van der Waals surface area contributed by atoms with E-state index in [0.29, 0.717) is 4.22 Å². The molecule has 0 amide bonds. The van der Waals surface area contributed by atoms with E-state index in [2.05, 4.69) is 111 Å². The van der Waals surface area contributed by atoms with E-state index in [4.69, 9.17) is 3.32 Å². The van der Waals surface area contributed by atoms with E-state index in [-0.39, 0.29) is 35.6 Å². The molecule has 1 nitrogen and oxygen atoms in total. The van der Waals surface area contributed by atoms with Gasteiger partial charge in [-0.3, -0.25) is 0 Å². The zero-order valence-electron chi connectivity index (χ0n) is 20.8. The summed E-state index contributed by atoms with van der Waals surface area (Å²) in [6.07, 6.45) is 9.01. The van der Waals surface area contributed by atoms with Gasteiger partial charge >= 0.3 is 165 Å². The fourth-order valence-electron chi connectivity index (χ4n) is 4.11. The van der Waals surface area contributed by atoms with Gasteiger partial charge in [-0.05, 0) is 0 Å². The zero-order chi connectivity index (χ0) is 21.2. The second-order valence-electron chi connectivity index (χ2n) is 15.7. The van der Waals surface area contributed by atoms with Crippen molar-refractivity contribution in [3.63, 3.8) is 0 Å². The second-order valence-corrected chi connectivity index (χ2v) is 40.7. The van der Waals surface area contributed by atoms with Crippen molar-refractivity contribution in [2.75, 3.05) is 0 Å². The van der Waals surface area contributed by atoms with Crippen molar-refractivity contribution in [2.45, 2.75) is 89.7 Å². The van der Waals surface area contributed by atoms with Gasteiger partial charge in [0.25, 0.3) is 0 Å². The van der Waals surface area contributed by atoms with Crippen molar-refractivity contribution < 1.29 is 16.4 Å². The van der Waals surface area contributed by atoms with Crippen LogP contribution in [0.3, 0.4) is 0 Å². The van der Waals surface area contributed by atoms with Crippen molar-refractivity contribution in [3.8, 4) is 5.75 Å². The van der Waals surface area contributed by atoms with E-state index in [1.165, 1.54) is 16.7 Å². The van der Waals surface area contributed by atoms with Gasteiger partial charge in [-0.1, -0.05) is 0 Å². The summed E-state index contributed by atoms with van der Waals surface area (Å²) in [4.78, 5) is 0. The smallest absolute Gasteiger partial charge is 0.147 e. The Hall–Kier alpha value is -0.206. The first kappa shape index (κ1) is 28.8. The van der Waals surface area contributed by atoms with Crippen LogP contribution < -0.4 is 3.32 Å². The van der Waals surface area contributed by atoms with Crippen LogP contribution in [0.15, 0.2) is 36.4 Å². The summed E-state index contributed by atoms with van der Waals surface area (Å²) in [6.45, 7) is 16.0. The van der Waals surface area contributed by atoms with Crippen molar-refractivity contribution in [1.82, 2.24) is 0 Å². The second kappa shape index (κ2) is 6.65. The molecule has 0 aliphatic heterocycles. The molecule has 0 aromatic heterocycles. The molecule has 0 radical (unpaired) electrons. The molecule has 0 N–H and O–H groups in total. The number of hydrogen-bond acceptors (Lipinski definition) is 1. The molecule has 0 saturated carbocycles. The molecule has 0 saturated heterocycles. The fraction of sp³-hybridized carbons (Fsp3) is 0.600. The summed E-state index contributed by atoms with van der Waals surface area (Å²) in [5, 5.41) is 12.2. The molecule has 2 rings (SSSR count). The molecule has 1 aliphatic carbocycles. The van der Waals surface area contributed by atoms with E-state index in [1.807, 2.05) is 0 Å². The van der Waals surface area contributed by atoms with Gasteiger partial charge in [0.2, 0.25) is 0 Å². The number of halogens is 2. The summed E-state index contributed by atoms with van der Waals surface area (Å²) in [5.41, 5.74) is 3.98. The third kappa shape index (κ3) is 6.16. The van der Waals surface area contributed by atoms with Gasteiger partial charge in [0.15, 0.2) is 0 Å². The van der Waals surface area contributed by atoms with Gasteiger partial charge < -0.3 is 0 Å². The fourth-order valence-corrected chi connectivity index (χ4v) is 10.0. The summed E-state index contributed by atoms with van der Waals surface area (Å²) >= 11 is -4.42. The quantitative estimate of drug-likeness (QED) is 0.392. The minimum atomic E-state index is -4.42. The molecular formula is C25H45Cl2OTi. The molecule has 4 heteroatoms. The Labute approximate surface area is 189 Å². The first-order valence-corrected chi connectivity index (χ1v) is 19.9. The van der Waals surface area contributed by atoms with E-state index in [9.17, 15) is 0 Å². The molecule has 0 fully saturated rings. The molecule has 1 aliphatic rings. The molecule has 0 atom stereocenters. The minimum absolute atomic E-state index is 0. The van der Waals surface area contributed by atoms with E-state index in [1.54, 1.807) is 0 Å². The first-order valence-electron chi connectivity index (χ1n) is 10.5. The molecule has 0 unspecified atom stereocenters. The first-order chi connectivity index (χ1) is 11.6. The third-order valence-electron chi connectivity index (χ3n) is 6.07. The standard InChI is InChI=1S/C15H24O.C5H5.5CH3.2ClH.Ti/c1-10-8-11(14(2,3)4)13(16)12(9-10)15(5,6)7;1-2-4-5-3-1;;;;;;;;/h8-9,16H,1-7H3;1-5H;5*1H3;2*1H;/q;;;;;;;;;+1/p-1. The SMILES string of the molecule is Cc1cc(C(C)(C)C)c([O][Ti]([CH3])([CH3])([CH3])([CH3])([CH3])[CH]2C=CC=C2)c(C(C)(C)C)c1.Cl.Cl. The Morgan fingerprint density at radius 1 is 0.724 bits per heavy atom. The third-order valence-corrected chi connectivity index (χ3v) is 14.4. The Balaban J connectivity index is 0.00000392. The number of allylic oxidation sites excluding steroid dienone is 4. The average Bonchev–Trinajstić information content (AvgIpc) is 2.91. The number of benzene rings is 1. The molecule has 169 valence electrons. The van der Waals surface area contributed by atoms with Crippen molar-refractivity contribution in [1.29, 1.82) is 0 Å². The van der Waals surface area contributed by atoms with Crippen LogP contribution in [0.1, 0.15) is 58.2 Å². The van der Waals surface area contributed by atoms with Gasteiger partial charge in [-0.25, -0.2) is 0 Å². The Kier molecular flexibility index (Phi) is 6.60. The van der Waals surface area contributed by atoms with Crippen molar-refractivity contribution in [3.05, 3.63) is 53.1 Å². The Morgan fingerprint density at radius 3 is 1.38 bits per heavy atom. The summed E-state index contributed by atoms with van der Waals surface area (Å²) in [5.74, 6) is 1.11. The van der Waals surface area contributed by atoms with Crippen LogP contribution in [0.25, 0.3) is 0 Å². The monoisotopic (exact) mass is 479 g/mol. The van der Waals surface area contributed by atoms with Gasteiger partial charge in [0.05, 0.1) is 0 Å². The van der Waals surface area contributed by atoms with Gasteiger partial charge in [0, 0.05) is 0 Å². The van der Waals surface area contributed by atoms with Crippen LogP contribution in [0, 0.1) is 6.92 Å². The predicted octanol–water partition coefficient (Wildman–Crippen LogP) is 9.64. The zero-order valence-corrected chi connectivity index (χ0v) is 24.0. The maximum atomic E-state index is 7.49. The molecule has 0 spiro atoms. The van der Waals surface area contributed by atoms with E-state index >= 15 is 0 Å². The number of aryl methyl sites for hydroxylation is 1. The number of hydrogen-bond donors (Lipinski definition) is 0. The summed E-state index contributed by atoms with van der Waals surface area (Å²) in [7, 11) is 0. The largest absolute Gasteiger partial charge is 0.147 e. The molecule has 1 aromatic carbocycles. The van der Waals surface area contributed by atoms with Crippen LogP contribution >= 0.6 is 24.8 Å². The summed E-state index contributed by atoms with van der Waals surface area (Å²) in [6, 6.07) is 4.66. The topological polar surface area (TPSA) is 9.23 Å². The molecule has 0 heterocycles. The van der Waals surface area contributed by atoms with Crippen molar-refractivity contribution >= 4 is 24.8 Å². The van der Waals surface area contributed by atoms with Crippen LogP contribution in [0.4, 0.5) is 0 Å². The molecule has 0 bridgehead atoms. The predicted molar refractivity (Wildman–Crippen MR) is 135 cm³/mol.